The molecule has 0 aromatic heterocycles. The third kappa shape index (κ3) is 6.30. The van der Waals surface area contributed by atoms with Crippen molar-refractivity contribution in [1.82, 2.24) is 9.80 Å². The summed E-state index contributed by atoms with van der Waals surface area (Å²) in [7, 11) is 0. The molecule has 0 spiro atoms. The van der Waals surface area contributed by atoms with Gasteiger partial charge in [-0.25, -0.2) is 0 Å². The van der Waals surface area contributed by atoms with E-state index in [4.69, 9.17) is 4.74 Å². The number of nitrogens with zero attached hydrogens (tertiary/aromatic N) is 3. The molecular formula is C21H27N3O4. The van der Waals surface area contributed by atoms with Crippen molar-refractivity contribution in [3.63, 3.8) is 0 Å². The maximum Gasteiger partial charge on any atom is 0.269 e. The van der Waals surface area contributed by atoms with Gasteiger partial charge in [-0.2, -0.15) is 0 Å². The Kier molecular flexibility index (Phi) is 7.36. The SMILES string of the molecule is O=[N+]([O-])c1ccc(OCC(O)CN2CCN(CCc3ccccc3)CC2)cc1. The number of nitro groups is 1. The average Bonchev–Trinajstić information content (AvgIpc) is 2.73. The number of aliphatic hydroxyl groups excluding tert-OH is 1. The highest BCUT2D eigenvalue weighted by Crippen LogP contribution is 2.17. The number of benzene rings is 2. The van der Waals surface area contributed by atoms with Gasteiger partial charge in [0.1, 0.15) is 18.5 Å². The Morgan fingerprint density at radius 3 is 2.29 bits per heavy atom. The minimum atomic E-state index is -0.592. The zero-order valence-corrected chi connectivity index (χ0v) is 15.9. The highest BCUT2D eigenvalue weighted by Gasteiger charge is 2.19. The van der Waals surface area contributed by atoms with Crippen molar-refractivity contribution < 1.29 is 14.8 Å². The number of hydrogen-bond donors (Lipinski definition) is 1. The first-order valence-corrected chi connectivity index (χ1v) is 9.64. The standard InChI is InChI=1S/C21H27N3O4/c25-20(17-28-21-8-6-19(7-9-21)24(26)27)16-23-14-12-22(13-15-23)11-10-18-4-2-1-3-5-18/h1-9,20,25H,10-17H2. The van der Waals surface area contributed by atoms with Gasteiger partial charge in [0.05, 0.1) is 4.92 Å². The van der Waals surface area contributed by atoms with Crippen LogP contribution < -0.4 is 4.74 Å². The van der Waals surface area contributed by atoms with Crippen LogP contribution >= 0.6 is 0 Å². The third-order valence-electron chi connectivity index (χ3n) is 4.98. The van der Waals surface area contributed by atoms with Gasteiger partial charge in [-0.1, -0.05) is 30.3 Å². The third-order valence-corrected chi connectivity index (χ3v) is 4.98. The zero-order valence-electron chi connectivity index (χ0n) is 15.9. The quantitative estimate of drug-likeness (QED) is 0.527. The first-order valence-electron chi connectivity index (χ1n) is 9.64. The Morgan fingerprint density at radius 2 is 1.64 bits per heavy atom. The summed E-state index contributed by atoms with van der Waals surface area (Å²) in [6.45, 7) is 5.67. The highest BCUT2D eigenvalue weighted by atomic mass is 16.6. The van der Waals surface area contributed by atoms with Crippen molar-refractivity contribution in [1.29, 1.82) is 0 Å². The van der Waals surface area contributed by atoms with E-state index < -0.39 is 11.0 Å². The predicted octanol–water partition coefficient (Wildman–Crippen LogP) is 2.19. The molecule has 3 rings (SSSR count). The lowest BCUT2D eigenvalue weighted by Gasteiger charge is -2.35. The van der Waals surface area contributed by atoms with Crippen LogP contribution in [0.5, 0.6) is 5.75 Å². The number of aliphatic hydroxyl groups is 1. The molecule has 1 aliphatic rings. The van der Waals surface area contributed by atoms with Crippen LogP contribution in [0.1, 0.15) is 5.56 Å². The van der Waals surface area contributed by atoms with Gasteiger partial charge in [0.15, 0.2) is 0 Å². The summed E-state index contributed by atoms with van der Waals surface area (Å²) in [5.74, 6) is 0.524. The zero-order chi connectivity index (χ0) is 19.8. The summed E-state index contributed by atoms with van der Waals surface area (Å²) in [6.07, 6.45) is 0.470. The Bertz CT molecular complexity index is 731. The smallest absolute Gasteiger partial charge is 0.269 e. The molecular weight excluding hydrogens is 358 g/mol. The number of non-ortho nitro benzene ring substituents is 1. The molecule has 1 unspecified atom stereocenters. The second-order valence-corrected chi connectivity index (χ2v) is 7.09. The summed E-state index contributed by atoms with van der Waals surface area (Å²) >= 11 is 0. The molecule has 1 saturated heterocycles. The fourth-order valence-corrected chi connectivity index (χ4v) is 3.33. The van der Waals surface area contributed by atoms with E-state index in [1.54, 1.807) is 12.1 Å². The van der Waals surface area contributed by atoms with Crippen molar-refractivity contribution in [3.8, 4) is 5.75 Å². The number of piperazine rings is 1. The molecule has 0 amide bonds. The van der Waals surface area contributed by atoms with Gasteiger partial charge >= 0.3 is 0 Å². The minimum absolute atomic E-state index is 0.0260. The Balaban J connectivity index is 1.33. The van der Waals surface area contributed by atoms with Gasteiger partial charge in [-0.15, -0.1) is 0 Å². The van der Waals surface area contributed by atoms with Crippen LogP contribution in [-0.2, 0) is 6.42 Å². The molecule has 0 aliphatic carbocycles. The maximum absolute atomic E-state index is 10.7. The van der Waals surface area contributed by atoms with Crippen LogP contribution in [0.2, 0.25) is 0 Å². The van der Waals surface area contributed by atoms with Crippen molar-refractivity contribution in [2.45, 2.75) is 12.5 Å². The molecule has 7 heteroatoms. The van der Waals surface area contributed by atoms with Crippen LogP contribution in [0.15, 0.2) is 54.6 Å². The van der Waals surface area contributed by atoms with Crippen LogP contribution in [0.4, 0.5) is 5.69 Å². The van der Waals surface area contributed by atoms with E-state index >= 15 is 0 Å². The van der Waals surface area contributed by atoms with E-state index in [0.29, 0.717) is 12.3 Å². The molecule has 150 valence electrons. The van der Waals surface area contributed by atoms with E-state index in [1.165, 1.54) is 17.7 Å². The lowest BCUT2D eigenvalue weighted by Crippen LogP contribution is -2.49. The highest BCUT2D eigenvalue weighted by molar-refractivity contribution is 5.35. The second kappa shape index (κ2) is 10.2. The van der Waals surface area contributed by atoms with Crippen molar-refractivity contribution in [2.75, 3.05) is 45.9 Å². The van der Waals surface area contributed by atoms with E-state index in [2.05, 4.69) is 34.1 Å². The van der Waals surface area contributed by atoms with E-state index in [0.717, 1.165) is 39.1 Å². The number of nitro benzene ring substituents is 1. The molecule has 2 aromatic carbocycles. The van der Waals surface area contributed by atoms with Gasteiger partial charge in [0, 0.05) is 51.4 Å². The molecule has 1 fully saturated rings. The van der Waals surface area contributed by atoms with Gasteiger partial charge < -0.3 is 14.7 Å². The van der Waals surface area contributed by atoms with E-state index in [-0.39, 0.29) is 12.3 Å². The number of β-amino-alcohol motifs (C(OH)–C–C–N with tert-alkyl or cyclic N) is 1. The number of rotatable bonds is 9. The topological polar surface area (TPSA) is 79.1 Å². The predicted molar refractivity (Wildman–Crippen MR) is 108 cm³/mol. The number of hydrogen-bond acceptors (Lipinski definition) is 6. The Hall–Kier alpha value is -2.48. The first kappa shape index (κ1) is 20.3. The fraction of sp³-hybridized carbons (Fsp3) is 0.429. The summed E-state index contributed by atoms with van der Waals surface area (Å²) < 4.78 is 5.54. The maximum atomic E-state index is 10.7. The van der Waals surface area contributed by atoms with Gasteiger partial charge in [0.25, 0.3) is 5.69 Å². The normalized spacial score (nSPS) is 16.6. The fourth-order valence-electron chi connectivity index (χ4n) is 3.33. The average molecular weight is 385 g/mol. The largest absolute Gasteiger partial charge is 0.491 e. The number of ether oxygens (including phenoxy) is 1. The van der Waals surface area contributed by atoms with Crippen LogP contribution in [0.3, 0.4) is 0 Å². The van der Waals surface area contributed by atoms with Gasteiger partial charge in [-0.3, -0.25) is 15.0 Å². The molecule has 1 atom stereocenters. The monoisotopic (exact) mass is 385 g/mol. The summed E-state index contributed by atoms with van der Waals surface area (Å²) in [4.78, 5) is 14.9. The van der Waals surface area contributed by atoms with E-state index in [1.807, 2.05) is 6.07 Å². The van der Waals surface area contributed by atoms with Crippen LogP contribution in [-0.4, -0.2) is 71.8 Å². The molecule has 0 saturated carbocycles. The minimum Gasteiger partial charge on any atom is -0.491 e. The molecule has 1 heterocycles. The van der Waals surface area contributed by atoms with Crippen LogP contribution in [0, 0.1) is 10.1 Å². The molecule has 1 aliphatic heterocycles. The van der Waals surface area contributed by atoms with Crippen LogP contribution in [0.25, 0.3) is 0 Å². The Labute approximate surface area is 165 Å². The summed E-state index contributed by atoms with van der Waals surface area (Å²) in [5, 5.41) is 20.9. The molecule has 7 nitrogen and oxygen atoms in total. The summed E-state index contributed by atoms with van der Waals surface area (Å²) in [5.41, 5.74) is 1.39. The van der Waals surface area contributed by atoms with Gasteiger partial charge in [-0.05, 0) is 24.1 Å². The first-order chi connectivity index (χ1) is 13.6. The molecule has 0 radical (unpaired) electrons. The lowest BCUT2D eigenvalue weighted by molar-refractivity contribution is -0.384. The second-order valence-electron chi connectivity index (χ2n) is 7.09. The molecule has 0 bridgehead atoms. The van der Waals surface area contributed by atoms with Crippen molar-refractivity contribution >= 4 is 5.69 Å². The molecule has 28 heavy (non-hydrogen) atoms. The van der Waals surface area contributed by atoms with Gasteiger partial charge in [0.2, 0.25) is 0 Å². The summed E-state index contributed by atoms with van der Waals surface area (Å²) in [6, 6.07) is 16.4. The molecule has 2 aromatic rings. The lowest BCUT2D eigenvalue weighted by atomic mass is 10.1. The molecule has 1 N–H and O–H groups in total. The van der Waals surface area contributed by atoms with Crippen molar-refractivity contribution in [2.24, 2.45) is 0 Å². The van der Waals surface area contributed by atoms with Crippen molar-refractivity contribution in [3.05, 3.63) is 70.3 Å². The Morgan fingerprint density at radius 1 is 1.00 bits per heavy atom. The van der Waals surface area contributed by atoms with E-state index in [9.17, 15) is 15.2 Å².